The average Bonchev–Trinajstić information content (AvgIpc) is 2.29. The lowest BCUT2D eigenvalue weighted by Crippen LogP contribution is -2.06. The van der Waals surface area contributed by atoms with Crippen LogP contribution in [0.25, 0.3) is 0 Å². The minimum absolute atomic E-state index is 0.106. The van der Waals surface area contributed by atoms with Gasteiger partial charge in [-0.2, -0.15) is 0 Å². The number of rotatable bonds is 3. The number of halogens is 2. The first-order chi connectivity index (χ1) is 8.15. The summed E-state index contributed by atoms with van der Waals surface area (Å²) in [5.74, 6) is -0.238. The molecule has 3 heteroatoms. The van der Waals surface area contributed by atoms with Gasteiger partial charge in [-0.15, -0.1) is 0 Å². The standard InChI is InChI=1S/C14H13ClFN/c1-10(11-5-7-12(15)8-6-11)17-14-4-2-3-13(16)9-14/h2-10,17H,1H3. The Morgan fingerprint density at radius 2 is 1.82 bits per heavy atom. The summed E-state index contributed by atoms with van der Waals surface area (Å²) in [6.45, 7) is 2.02. The van der Waals surface area contributed by atoms with E-state index in [1.54, 1.807) is 6.07 Å². The maximum absolute atomic E-state index is 13.0. The fraction of sp³-hybridized carbons (Fsp3) is 0.143. The molecule has 88 valence electrons. The summed E-state index contributed by atoms with van der Waals surface area (Å²) >= 11 is 5.83. The molecule has 0 saturated heterocycles. The number of benzene rings is 2. The van der Waals surface area contributed by atoms with Gasteiger partial charge in [-0.05, 0) is 42.8 Å². The van der Waals surface area contributed by atoms with E-state index in [9.17, 15) is 4.39 Å². The van der Waals surface area contributed by atoms with Crippen LogP contribution in [0.4, 0.5) is 10.1 Å². The largest absolute Gasteiger partial charge is 0.378 e. The second kappa shape index (κ2) is 5.19. The van der Waals surface area contributed by atoms with Gasteiger partial charge in [0.25, 0.3) is 0 Å². The fourth-order valence-corrected chi connectivity index (χ4v) is 1.79. The summed E-state index contributed by atoms with van der Waals surface area (Å²) in [6.07, 6.45) is 0. The van der Waals surface area contributed by atoms with Crippen LogP contribution in [0.3, 0.4) is 0 Å². The average molecular weight is 250 g/mol. The molecule has 0 bridgehead atoms. The Morgan fingerprint density at radius 3 is 2.47 bits per heavy atom. The highest BCUT2D eigenvalue weighted by Gasteiger charge is 2.05. The Balaban J connectivity index is 2.11. The van der Waals surface area contributed by atoms with Crippen LogP contribution in [-0.4, -0.2) is 0 Å². The third kappa shape index (κ3) is 3.21. The molecule has 0 radical (unpaired) electrons. The first kappa shape index (κ1) is 11.9. The van der Waals surface area contributed by atoms with Gasteiger partial charge in [-0.1, -0.05) is 29.8 Å². The first-order valence-electron chi connectivity index (χ1n) is 5.43. The second-order valence-corrected chi connectivity index (χ2v) is 4.36. The topological polar surface area (TPSA) is 12.0 Å². The van der Waals surface area contributed by atoms with Gasteiger partial charge in [-0.3, -0.25) is 0 Å². The molecule has 2 aromatic carbocycles. The van der Waals surface area contributed by atoms with E-state index in [1.807, 2.05) is 37.3 Å². The van der Waals surface area contributed by atoms with Crippen molar-refractivity contribution in [2.24, 2.45) is 0 Å². The predicted octanol–water partition coefficient (Wildman–Crippen LogP) is 4.65. The van der Waals surface area contributed by atoms with E-state index in [0.717, 1.165) is 11.3 Å². The van der Waals surface area contributed by atoms with E-state index < -0.39 is 0 Å². The van der Waals surface area contributed by atoms with E-state index in [1.165, 1.54) is 12.1 Å². The van der Waals surface area contributed by atoms with Crippen molar-refractivity contribution in [3.8, 4) is 0 Å². The molecule has 1 nitrogen and oxygen atoms in total. The van der Waals surface area contributed by atoms with Crippen LogP contribution in [0.15, 0.2) is 48.5 Å². The van der Waals surface area contributed by atoms with Gasteiger partial charge in [0.05, 0.1) is 0 Å². The van der Waals surface area contributed by atoms with Crippen LogP contribution in [0.2, 0.25) is 5.02 Å². The molecule has 2 aromatic rings. The molecule has 0 aliphatic heterocycles. The van der Waals surface area contributed by atoms with E-state index in [-0.39, 0.29) is 11.9 Å². The zero-order chi connectivity index (χ0) is 12.3. The quantitative estimate of drug-likeness (QED) is 0.835. The van der Waals surface area contributed by atoms with Crippen LogP contribution >= 0.6 is 11.6 Å². The van der Waals surface area contributed by atoms with Crippen LogP contribution in [-0.2, 0) is 0 Å². The molecule has 0 spiro atoms. The van der Waals surface area contributed by atoms with Crippen molar-refractivity contribution in [3.63, 3.8) is 0 Å². The Hall–Kier alpha value is -1.54. The number of hydrogen-bond acceptors (Lipinski definition) is 1. The SMILES string of the molecule is CC(Nc1cccc(F)c1)c1ccc(Cl)cc1. The van der Waals surface area contributed by atoms with E-state index in [4.69, 9.17) is 11.6 Å². The Labute approximate surface area is 105 Å². The van der Waals surface area contributed by atoms with Gasteiger partial charge in [-0.25, -0.2) is 4.39 Å². The molecule has 0 amide bonds. The molecule has 1 atom stereocenters. The van der Waals surface area contributed by atoms with Gasteiger partial charge in [0, 0.05) is 16.8 Å². The fourth-order valence-electron chi connectivity index (χ4n) is 1.66. The Morgan fingerprint density at radius 1 is 1.12 bits per heavy atom. The van der Waals surface area contributed by atoms with Crippen molar-refractivity contribution in [2.75, 3.05) is 5.32 Å². The highest BCUT2D eigenvalue weighted by atomic mass is 35.5. The molecular formula is C14H13ClFN. The third-order valence-corrected chi connectivity index (χ3v) is 2.83. The molecule has 17 heavy (non-hydrogen) atoms. The minimum Gasteiger partial charge on any atom is -0.378 e. The van der Waals surface area contributed by atoms with Gasteiger partial charge >= 0.3 is 0 Å². The molecule has 1 N–H and O–H groups in total. The molecule has 1 unspecified atom stereocenters. The molecular weight excluding hydrogens is 237 g/mol. The van der Waals surface area contributed by atoms with Crippen molar-refractivity contribution in [1.82, 2.24) is 0 Å². The summed E-state index contributed by atoms with van der Waals surface area (Å²) in [5, 5.41) is 3.95. The smallest absolute Gasteiger partial charge is 0.125 e. The Kier molecular flexibility index (Phi) is 3.64. The lowest BCUT2D eigenvalue weighted by molar-refractivity contribution is 0.628. The monoisotopic (exact) mass is 249 g/mol. The number of anilines is 1. The Bertz CT molecular complexity index is 496. The summed E-state index contributed by atoms with van der Waals surface area (Å²) in [6, 6.07) is 14.2. The maximum Gasteiger partial charge on any atom is 0.125 e. The van der Waals surface area contributed by atoms with Crippen LogP contribution < -0.4 is 5.32 Å². The number of hydrogen-bond donors (Lipinski definition) is 1. The molecule has 0 saturated carbocycles. The third-order valence-electron chi connectivity index (χ3n) is 2.58. The van der Waals surface area contributed by atoms with E-state index >= 15 is 0 Å². The predicted molar refractivity (Wildman–Crippen MR) is 69.9 cm³/mol. The van der Waals surface area contributed by atoms with Crippen molar-refractivity contribution < 1.29 is 4.39 Å². The van der Waals surface area contributed by atoms with Crippen molar-refractivity contribution in [3.05, 3.63) is 64.9 Å². The molecule has 0 aliphatic carbocycles. The van der Waals surface area contributed by atoms with Crippen LogP contribution in [0.5, 0.6) is 0 Å². The first-order valence-corrected chi connectivity index (χ1v) is 5.80. The highest BCUT2D eigenvalue weighted by Crippen LogP contribution is 2.21. The van der Waals surface area contributed by atoms with Crippen molar-refractivity contribution in [2.45, 2.75) is 13.0 Å². The van der Waals surface area contributed by atoms with Gasteiger partial charge in [0.2, 0.25) is 0 Å². The lowest BCUT2D eigenvalue weighted by Gasteiger charge is -2.15. The minimum atomic E-state index is -0.238. The van der Waals surface area contributed by atoms with E-state index in [0.29, 0.717) is 5.02 Å². The van der Waals surface area contributed by atoms with Gasteiger partial charge in [0.1, 0.15) is 5.82 Å². The van der Waals surface area contributed by atoms with Crippen molar-refractivity contribution >= 4 is 17.3 Å². The summed E-state index contributed by atoms with van der Waals surface area (Å²) in [5.41, 5.74) is 1.88. The van der Waals surface area contributed by atoms with Crippen LogP contribution in [0.1, 0.15) is 18.5 Å². The zero-order valence-electron chi connectivity index (χ0n) is 9.45. The normalized spacial score (nSPS) is 12.2. The molecule has 2 rings (SSSR count). The molecule has 0 aliphatic rings. The molecule has 0 heterocycles. The van der Waals surface area contributed by atoms with Gasteiger partial charge < -0.3 is 5.32 Å². The van der Waals surface area contributed by atoms with Crippen LogP contribution in [0, 0.1) is 5.82 Å². The summed E-state index contributed by atoms with van der Waals surface area (Å²) in [4.78, 5) is 0. The second-order valence-electron chi connectivity index (χ2n) is 3.93. The van der Waals surface area contributed by atoms with Gasteiger partial charge in [0.15, 0.2) is 0 Å². The lowest BCUT2D eigenvalue weighted by atomic mass is 10.1. The van der Waals surface area contributed by atoms with E-state index in [2.05, 4.69) is 5.32 Å². The molecule has 0 fully saturated rings. The number of nitrogens with one attached hydrogen (secondary N) is 1. The summed E-state index contributed by atoms with van der Waals surface area (Å²) in [7, 11) is 0. The highest BCUT2D eigenvalue weighted by molar-refractivity contribution is 6.30. The maximum atomic E-state index is 13.0. The zero-order valence-corrected chi connectivity index (χ0v) is 10.2. The molecule has 0 aromatic heterocycles. The van der Waals surface area contributed by atoms with Crippen molar-refractivity contribution in [1.29, 1.82) is 0 Å². The summed E-state index contributed by atoms with van der Waals surface area (Å²) < 4.78 is 13.0.